The molecule has 0 radical (unpaired) electrons. The van der Waals surface area contributed by atoms with Crippen molar-refractivity contribution in [2.24, 2.45) is 0 Å². The van der Waals surface area contributed by atoms with Gasteiger partial charge >= 0.3 is 11.9 Å². The second-order valence-corrected chi connectivity index (χ2v) is 17.3. The summed E-state index contributed by atoms with van der Waals surface area (Å²) in [5.74, 6) is -0.574. The summed E-state index contributed by atoms with van der Waals surface area (Å²) in [6.45, 7) is 4.18. The van der Waals surface area contributed by atoms with E-state index in [1.165, 1.54) is 225 Å². The van der Waals surface area contributed by atoms with Gasteiger partial charge in [0.2, 0.25) is 0 Å². The SMILES string of the molecule is CCCCCCCC/C=C\CCCCCCCCCCCC(=O)OC(CO)COC(=O)CCCCCCCCCCCCCCCCCCCCCCCCC. The highest BCUT2D eigenvalue weighted by molar-refractivity contribution is 5.70. The van der Waals surface area contributed by atoms with Crippen LogP contribution in [0.3, 0.4) is 0 Å². The Morgan fingerprint density at radius 1 is 0.393 bits per heavy atom. The minimum atomic E-state index is -0.767. The summed E-state index contributed by atoms with van der Waals surface area (Å²) >= 11 is 0. The highest BCUT2D eigenvalue weighted by Gasteiger charge is 2.16. The zero-order chi connectivity index (χ0) is 40.7. The van der Waals surface area contributed by atoms with Gasteiger partial charge in [-0.25, -0.2) is 0 Å². The standard InChI is InChI=1S/C51H98O5/c1-3-5-7-9-11-13-15-17-19-21-23-24-25-26-28-29-31-33-35-37-39-41-43-45-50(53)55-48-49(47-52)56-51(54)46-44-42-40-38-36-34-32-30-27-22-20-18-16-14-12-10-8-6-4-2/h18,20,49,52H,3-17,19,21-48H2,1-2H3/b20-18-. The van der Waals surface area contributed by atoms with Gasteiger partial charge in [-0.15, -0.1) is 0 Å². The predicted molar refractivity (Wildman–Crippen MR) is 242 cm³/mol. The lowest BCUT2D eigenvalue weighted by molar-refractivity contribution is -0.161. The number of ether oxygens (including phenoxy) is 2. The lowest BCUT2D eigenvalue weighted by atomic mass is 10.0. The molecule has 1 atom stereocenters. The summed E-state index contributed by atoms with van der Waals surface area (Å²) in [7, 11) is 0. The Labute approximate surface area is 350 Å². The number of hydrogen-bond donors (Lipinski definition) is 1. The first-order valence-electron chi connectivity index (χ1n) is 25.2. The first kappa shape index (κ1) is 54.6. The van der Waals surface area contributed by atoms with Gasteiger partial charge in [0.25, 0.3) is 0 Å². The van der Waals surface area contributed by atoms with Gasteiger partial charge in [0.05, 0.1) is 6.61 Å². The Hall–Kier alpha value is -1.36. The number of esters is 2. The smallest absolute Gasteiger partial charge is 0.306 e. The van der Waals surface area contributed by atoms with E-state index in [1.807, 2.05) is 0 Å². The third-order valence-corrected chi connectivity index (χ3v) is 11.6. The molecule has 0 saturated heterocycles. The Kier molecular flexibility index (Phi) is 46.8. The molecule has 0 saturated carbocycles. The molecule has 0 amide bonds. The van der Waals surface area contributed by atoms with Crippen LogP contribution in [0.1, 0.15) is 284 Å². The third-order valence-electron chi connectivity index (χ3n) is 11.6. The fourth-order valence-corrected chi connectivity index (χ4v) is 7.73. The van der Waals surface area contributed by atoms with E-state index in [4.69, 9.17) is 9.47 Å². The molecule has 5 heteroatoms. The number of allylic oxidation sites excluding steroid dienone is 2. The number of rotatable bonds is 47. The molecule has 0 fully saturated rings. The third kappa shape index (κ3) is 45.3. The molecule has 56 heavy (non-hydrogen) atoms. The maximum absolute atomic E-state index is 12.2. The van der Waals surface area contributed by atoms with Crippen molar-refractivity contribution in [1.29, 1.82) is 0 Å². The number of hydrogen-bond acceptors (Lipinski definition) is 5. The maximum Gasteiger partial charge on any atom is 0.306 e. The van der Waals surface area contributed by atoms with Crippen molar-refractivity contribution in [3.8, 4) is 0 Å². The Morgan fingerprint density at radius 2 is 0.661 bits per heavy atom. The predicted octanol–water partition coefficient (Wildman–Crippen LogP) is 16.4. The van der Waals surface area contributed by atoms with Crippen LogP contribution in [0.25, 0.3) is 0 Å². The van der Waals surface area contributed by atoms with E-state index in [9.17, 15) is 14.7 Å². The van der Waals surface area contributed by atoms with E-state index in [-0.39, 0.29) is 25.2 Å². The van der Waals surface area contributed by atoms with Gasteiger partial charge in [-0.3, -0.25) is 9.59 Å². The zero-order valence-electron chi connectivity index (χ0n) is 37.9. The van der Waals surface area contributed by atoms with E-state index < -0.39 is 6.10 Å². The average molecular weight is 791 g/mol. The number of aliphatic hydroxyl groups excluding tert-OH is 1. The molecule has 0 aliphatic carbocycles. The van der Waals surface area contributed by atoms with Crippen LogP contribution in [0, 0.1) is 0 Å². The second kappa shape index (κ2) is 48.0. The fourth-order valence-electron chi connectivity index (χ4n) is 7.73. The molecule has 0 aromatic heterocycles. The van der Waals surface area contributed by atoms with E-state index in [1.54, 1.807) is 0 Å². The monoisotopic (exact) mass is 791 g/mol. The number of carbonyl (C=O) groups is 2. The molecule has 0 rings (SSSR count). The largest absolute Gasteiger partial charge is 0.462 e. The molecule has 0 aromatic carbocycles. The van der Waals surface area contributed by atoms with Crippen LogP contribution in [0.5, 0.6) is 0 Å². The summed E-state index contributed by atoms with van der Waals surface area (Å²) < 4.78 is 10.7. The molecular weight excluding hydrogens is 693 g/mol. The minimum Gasteiger partial charge on any atom is -0.462 e. The average Bonchev–Trinajstić information content (AvgIpc) is 3.20. The Balaban J connectivity index is 3.44. The molecule has 0 aliphatic rings. The topological polar surface area (TPSA) is 72.8 Å². The van der Waals surface area contributed by atoms with Crippen LogP contribution in [0.2, 0.25) is 0 Å². The molecule has 1 unspecified atom stereocenters. The van der Waals surface area contributed by atoms with Crippen molar-refractivity contribution < 1.29 is 24.2 Å². The summed E-state index contributed by atoms with van der Waals surface area (Å²) in [4.78, 5) is 24.4. The van der Waals surface area contributed by atoms with E-state index in [0.717, 1.165) is 32.1 Å². The molecular formula is C51H98O5. The lowest BCUT2D eigenvalue weighted by Crippen LogP contribution is -2.28. The quantitative estimate of drug-likeness (QED) is 0.0378. The van der Waals surface area contributed by atoms with Crippen LogP contribution in [-0.2, 0) is 19.1 Å². The van der Waals surface area contributed by atoms with Gasteiger partial charge in [-0.05, 0) is 38.5 Å². The van der Waals surface area contributed by atoms with Crippen molar-refractivity contribution in [3.05, 3.63) is 12.2 Å². The van der Waals surface area contributed by atoms with Crippen molar-refractivity contribution in [3.63, 3.8) is 0 Å². The first-order chi connectivity index (χ1) is 27.6. The summed E-state index contributed by atoms with van der Waals surface area (Å²) in [5, 5.41) is 9.62. The van der Waals surface area contributed by atoms with Gasteiger partial charge in [0.15, 0.2) is 6.10 Å². The molecule has 0 bridgehead atoms. The molecule has 332 valence electrons. The minimum absolute atomic E-state index is 0.0596. The summed E-state index contributed by atoms with van der Waals surface area (Å²) in [6, 6.07) is 0. The van der Waals surface area contributed by atoms with Crippen LogP contribution >= 0.6 is 0 Å². The molecule has 0 heterocycles. The lowest BCUT2D eigenvalue weighted by Gasteiger charge is -2.15. The highest BCUT2D eigenvalue weighted by atomic mass is 16.6. The van der Waals surface area contributed by atoms with Gasteiger partial charge in [0.1, 0.15) is 6.61 Å². The number of unbranched alkanes of at least 4 members (excludes halogenated alkanes) is 37. The van der Waals surface area contributed by atoms with E-state index >= 15 is 0 Å². The number of carbonyl (C=O) groups excluding carboxylic acids is 2. The van der Waals surface area contributed by atoms with Crippen LogP contribution in [0.4, 0.5) is 0 Å². The maximum atomic E-state index is 12.2. The van der Waals surface area contributed by atoms with Gasteiger partial charge < -0.3 is 14.6 Å². The fraction of sp³-hybridized carbons (Fsp3) is 0.922. The van der Waals surface area contributed by atoms with Crippen LogP contribution < -0.4 is 0 Å². The van der Waals surface area contributed by atoms with Crippen LogP contribution in [-0.4, -0.2) is 36.4 Å². The van der Waals surface area contributed by atoms with Crippen molar-refractivity contribution in [1.82, 2.24) is 0 Å². The molecule has 0 spiro atoms. The highest BCUT2D eigenvalue weighted by Crippen LogP contribution is 2.17. The summed E-state index contributed by atoms with van der Waals surface area (Å²) in [5.41, 5.74) is 0. The van der Waals surface area contributed by atoms with Crippen molar-refractivity contribution in [2.75, 3.05) is 13.2 Å². The zero-order valence-corrected chi connectivity index (χ0v) is 37.9. The molecule has 0 aliphatic heterocycles. The summed E-state index contributed by atoms with van der Waals surface area (Å²) in [6.07, 6.45) is 57.3. The van der Waals surface area contributed by atoms with E-state index in [2.05, 4.69) is 26.0 Å². The normalized spacial score (nSPS) is 12.1. The molecule has 0 aromatic rings. The van der Waals surface area contributed by atoms with Gasteiger partial charge in [-0.2, -0.15) is 0 Å². The van der Waals surface area contributed by atoms with Gasteiger partial charge in [-0.1, -0.05) is 244 Å². The Morgan fingerprint density at radius 3 is 0.964 bits per heavy atom. The van der Waals surface area contributed by atoms with Crippen molar-refractivity contribution >= 4 is 11.9 Å². The molecule has 1 N–H and O–H groups in total. The van der Waals surface area contributed by atoms with Crippen molar-refractivity contribution in [2.45, 2.75) is 290 Å². The second-order valence-electron chi connectivity index (χ2n) is 17.3. The molecule has 5 nitrogen and oxygen atoms in total. The van der Waals surface area contributed by atoms with E-state index in [0.29, 0.717) is 12.8 Å². The first-order valence-corrected chi connectivity index (χ1v) is 25.2. The van der Waals surface area contributed by atoms with Crippen LogP contribution in [0.15, 0.2) is 12.2 Å². The van der Waals surface area contributed by atoms with Gasteiger partial charge in [0, 0.05) is 12.8 Å². The number of aliphatic hydroxyl groups is 1. The Bertz CT molecular complexity index is 810.